The number of ether oxygens (including phenoxy) is 1. The summed E-state index contributed by atoms with van der Waals surface area (Å²) >= 11 is 0. The van der Waals surface area contributed by atoms with Crippen molar-refractivity contribution >= 4 is 0 Å². The molecule has 0 fully saturated rings. The van der Waals surface area contributed by atoms with Crippen molar-refractivity contribution in [2.45, 2.75) is 33.2 Å². The minimum Gasteiger partial charge on any atom is -0.380 e. The highest BCUT2D eigenvalue weighted by atomic mass is 16.5. The average Bonchev–Trinajstić information content (AvgIpc) is 2.50. The molecule has 0 heterocycles. The average molecular weight is 278 g/mol. The van der Waals surface area contributed by atoms with E-state index in [-0.39, 0.29) is 0 Å². The fourth-order valence-electron chi connectivity index (χ4n) is 2.43. The Bertz CT molecular complexity index is 325. The van der Waals surface area contributed by atoms with E-state index in [0.717, 1.165) is 45.8 Å². The molecule has 0 aromatic heterocycles. The molecule has 0 saturated carbocycles. The molecule has 20 heavy (non-hydrogen) atoms. The van der Waals surface area contributed by atoms with E-state index in [2.05, 4.69) is 61.3 Å². The maximum Gasteiger partial charge on any atom is 0.0590 e. The maximum atomic E-state index is 5.51. The lowest BCUT2D eigenvalue weighted by Crippen LogP contribution is -2.36. The first kappa shape index (κ1) is 17.2. The number of hydrogen-bond donors (Lipinski definition) is 1. The molecule has 1 aromatic carbocycles. The lowest BCUT2D eigenvalue weighted by Gasteiger charge is -2.30. The van der Waals surface area contributed by atoms with Crippen LogP contribution in [0.5, 0.6) is 0 Å². The molecular formula is C17H30N2O. The zero-order valence-corrected chi connectivity index (χ0v) is 13.3. The van der Waals surface area contributed by atoms with Gasteiger partial charge in [0.15, 0.2) is 0 Å². The van der Waals surface area contributed by atoms with Crippen LogP contribution in [0.3, 0.4) is 0 Å². The Hall–Kier alpha value is -0.900. The first-order valence-corrected chi connectivity index (χ1v) is 7.90. The standard InChI is InChI=1S/C17H30N2O/c1-4-13-20-14-12-18-15-17(19(5-2)6-3)16-10-8-7-9-11-16/h7-11,17-18H,4-6,12-15H2,1-3H3. The van der Waals surface area contributed by atoms with Gasteiger partial charge in [-0.2, -0.15) is 0 Å². The van der Waals surface area contributed by atoms with Crippen LogP contribution in [0.1, 0.15) is 38.8 Å². The van der Waals surface area contributed by atoms with Gasteiger partial charge in [-0.05, 0) is 25.1 Å². The second-order valence-electron chi connectivity index (χ2n) is 4.96. The van der Waals surface area contributed by atoms with Crippen LogP contribution in [-0.2, 0) is 4.74 Å². The normalized spacial score (nSPS) is 12.8. The molecule has 0 saturated heterocycles. The Morgan fingerprint density at radius 3 is 2.35 bits per heavy atom. The molecule has 0 aliphatic carbocycles. The van der Waals surface area contributed by atoms with E-state index in [4.69, 9.17) is 4.74 Å². The molecule has 0 aliphatic heterocycles. The first-order valence-electron chi connectivity index (χ1n) is 7.90. The zero-order valence-electron chi connectivity index (χ0n) is 13.3. The van der Waals surface area contributed by atoms with E-state index in [0.29, 0.717) is 6.04 Å². The molecule has 1 rings (SSSR count). The van der Waals surface area contributed by atoms with E-state index in [9.17, 15) is 0 Å². The number of benzene rings is 1. The summed E-state index contributed by atoms with van der Waals surface area (Å²) in [6, 6.07) is 11.2. The van der Waals surface area contributed by atoms with Crippen molar-refractivity contribution in [3.63, 3.8) is 0 Å². The molecule has 0 aliphatic rings. The van der Waals surface area contributed by atoms with Gasteiger partial charge in [-0.3, -0.25) is 4.90 Å². The van der Waals surface area contributed by atoms with Crippen molar-refractivity contribution in [3.05, 3.63) is 35.9 Å². The van der Waals surface area contributed by atoms with E-state index in [1.54, 1.807) is 0 Å². The van der Waals surface area contributed by atoms with E-state index in [1.807, 2.05) is 0 Å². The van der Waals surface area contributed by atoms with Crippen molar-refractivity contribution in [2.24, 2.45) is 0 Å². The van der Waals surface area contributed by atoms with Gasteiger partial charge in [0.05, 0.1) is 6.61 Å². The van der Waals surface area contributed by atoms with E-state index >= 15 is 0 Å². The van der Waals surface area contributed by atoms with Gasteiger partial charge in [0.25, 0.3) is 0 Å². The van der Waals surface area contributed by atoms with Gasteiger partial charge in [0.1, 0.15) is 0 Å². The number of nitrogens with one attached hydrogen (secondary N) is 1. The third-order valence-corrected chi connectivity index (χ3v) is 3.55. The van der Waals surface area contributed by atoms with Crippen molar-refractivity contribution in [1.29, 1.82) is 0 Å². The molecule has 114 valence electrons. The highest BCUT2D eigenvalue weighted by Gasteiger charge is 2.16. The highest BCUT2D eigenvalue weighted by molar-refractivity contribution is 5.19. The van der Waals surface area contributed by atoms with Crippen LogP contribution in [0.4, 0.5) is 0 Å². The van der Waals surface area contributed by atoms with Crippen LogP contribution >= 0.6 is 0 Å². The second-order valence-corrected chi connectivity index (χ2v) is 4.96. The summed E-state index contributed by atoms with van der Waals surface area (Å²) < 4.78 is 5.51. The molecule has 0 radical (unpaired) electrons. The molecule has 1 unspecified atom stereocenters. The first-order chi connectivity index (χ1) is 9.83. The Labute approximate surface area is 124 Å². The van der Waals surface area contributed by atoms with Crippen LogP contribution in [0.25, 0.3) is 0 Å². The van der Waals surface area contributed by atoms with E-state index < -0.39 is 0 Å². The van der Waals surface area contributed by atoms with Gasteiger partial charge in [0, 0.05) is 25.7 Å². The highest BCUT2D eigenvalue weighted by Crippen LogP contribution is 2.19. The van der Waals surface area contributed by atoms with Gasteiger partial charge in [-0.25, -0.2) is 0 Å². The number of rotatable bonds is 11. The molecule has 0 amide bonds. The van der Waals surface area contributed by atoms with Crippen molar-refractivity contribution in [2.75, 3.05) is 39.4 Å². The Morgan fingerprint density at radius 2 is 1.75 bits per heavy atom. The van der Waals surface area contributed by atoms with Gasteiger partial charge in [-0.1, -0.05) is 51.1 Å². The third-order valence-electron chi connectivity index (χ3n) is 3.55. The Morgan fingerprint density at radius 1 is 1.05 bits per heavy atom. The SMILES string of the molecule is CCCOCCNCC(c1ccccc1)N(CC)CC. The van der Waals surface area contributed by atoms with Gasteiger partial charge >= 0.3 is 0 Å². The summed E-state index contributed by atoms with van der Waals surface area (Å²) in [5.41, 5.74) is 1.39. The molecular weight excluding hydrogens is 248 g/mol. The zero-order chi connectivity index (χ0) is 14.6. The second kappa shape index (κ2) is 10.8. The van der Waals surface area contributed by atoms with Crippen LogP contribution in [0.2, 0.25) is 0 Å². The Balaban J connectivity index is 2.47. The quantitative estimate of drug-likeness (QED) is 0.630. The van der Waals surface area contributed by atoms with E-state index in [1.165, 1.54) is 5.56 Å². The largest absolute Gasteiger partial charge is 0.380 e. The third kappa shape index (κ3) is 6.04. The fourth-order valence-corrected chi connectivity index (χ4v) is 2.43. The fraction of sp³-hybridized carbons (Fsp3) is 0.647. The summed E-state index contributed by atoms with van der Waals surface area (Å²) in [6.45, 7) is 12.3. The van der Waals surface area contributed by atoms with Crippen molar-refractivity contribution in [1.82, 2.24) is 10.2 Å². The van der Waals surface area contributed by atoms with Crippen molar-refractivity contribution < 1.29 is 4.74 Å². The lowest BCUT2D eigenvalue weighted by molar-refractivity contribution is 0.133. The molecule has 1 aromatic rings. The van der Waals surface area contributed by atoms with Gasteiger partial charge in [0.2, 0.25) is 0 Å². The topological polar surface area (TPSA) is 24.5 Å². The summed E-state index contributed by atoms with van der Waals surface area (Å²) in [6.07, 6.45) is 1.09. The minimum absolute atomic E-state index is 0.442. The van der Waals surface area contributed by atoms with Crippen LogP contribution in [0, 0.1) is 0 Å². The minimum atomic E-state index is 0.442. The van der Waals surface area contributed by atoms with Gasteiger partial charge in [-0.15, -0.1) is 0 Å². The predicted molar refractivity (Wildman–Crippen MR) is 86.1 cm³/mol. The van der Waals surface area contributed by atoms with Crippen LogP contribution in [-0.4, -0.2) is 44.3 Å². The predicted octanol–water partition coefficient (Wildman–Crippen LogP) is 3.09. The molecule has 1 N–H and O–H groups in total. The van der Waals surface area contributed by atoms with Crippen molar-refractivity contribution in [3.8, 4) is 0 Å². The summed E-state index contributed by atoms with van der Waals surface area (Å²) in [5, 5.41) is 3.53. The van der Waals surface area contributed by atoms with Crippen LogP contribution in [0.15, 0.2) is 30.3 Å². The van der Waals surface area contributed by atoms with Gasteiger partial charge < -0.3 is 10.1 Å². The number of hydrogen-bond acceptors (Lipinski definition) is 3. The Kier molecular flexibility index (Phi) is 9.29. The number of nitrogens with zero attached hydrogens (tertiary/aromatic N) is 1. The molecule has 0 bridgehead atoms. The number of likely N-dealkylation sites (N-methyl/N-ethyl adjacent to an activating group) is 1. The lowest BCUT2D eigenvalue weighted by atomic mass is 10.1. The monoisotopic (exact) mass is 278 g/mol. The molecule has 3 nitrogen and oxygen atoms in total. The summed E-state index contributed by atoms with van der Waals surface area (Å²) in [7, 11) is 0. The van der Waals surface area contributed by atoms with Crippen LogP contribution < -0.4 is 5.32 Å². The summed E-state index contributed by atoms with van der Waals surface area (Å²) in [5.74, 6) is 0. The smallest absolute Gasteiger partial charge is 0.0590 e. The summed E-state index contributed by atoms with van der Waals surface area (Å²) in [4.78, 5) is 2.50. The molecule has 3 heteroatoms. The maximum absolute atomic E-state index is 5.51. The molecule has 0 spiro atoms. The molecule has 1 atom stereocenters.